The third-order valence-corrected chi connectivity index (χ3v) is 3.83. The van der Waals surface area contributed by atoms with E-state index in [1.165, 1.54) is 12.1 Å². The SMILES string of the molecule is CCOc1c(I)cc(/C=N\Nc2ccc([N+](=O)[O-])cc2)cc1OC. The standard InChI is InChI=1S/C16H16IN3O4/c1-3-24-16-14(17)8-11(9-15(16)23-2)10-18-19-12-4-6-13(7-5-12)20(21)22/h4-10,19H,3H2,1-2H3/b18-10-. The predicted octanol–water partition coefficient (Wildman–Crippen LogP) is 4.05. The summed E-state index contributed by atoms with van der Waals surface area (Å²) in [6.45, 7) is 2.47. The molecule has 7 nitrogen and oxygen atoms in total. The maximum absolute atomic E-state index is 10.6. The summed E-state index contributed by atoms with van der Waals surface area (Å²) in [5.74, 6) is 1.35. The van der Waals surface area contributed by atoms with Gasteiger partial charge in [0.25, 0.3) is 5.69 Å². The quantitative estimate of drug-likeness (QED) is 0.303. The summed E-state index contributed by atoms with van der Waals surface area (Å²) in [4.78, 5) is 10.2. The van der Waals surface area contributed by atoms with E-state index >= 15 is 0 Å². The number of rotatable bonds is 7. The lowest BCUT2D eigenvalue weighted by molar-refractivity contribution is -0.384. The molecule has 0 amide bonds. The van der Waals surface area contributed by atoms with Gasteiger partial charge in [-0.15, -0.1) is 0 Å². The molecule has 0 aliphatic carbocycles. The summed E-state index contributed by atoms with van der Waals surface area (Å²) < 4.78 is 11.8. The molecule has 0 aliphatic heterocycles. The van der Waals surface area contributed by atoms with Crippen LogP contribution in [0.4, 0.5) is 11.4 Å². The molecule has 1 N–H and O–H groups in total. The van der Waals surface area contributed by atoms with Gasteiger partial charge in [0.1, 0.15) is 0 Å². The number of hydrazone groups is 1. The van der Waals surface area contributed by atoms with Crippen LogP contribution in [0.1, 0.15) is 12.5 Å². The normalized spacial score (nSPS) is 10.6. The zero-order valence-corrected chi connectivity index (χ0v) is 15.3. The van der Waals surface area contributed by atoms with E-state index < -0.39 is 4.92 Å². The number of nitrogens with one attached hydrogen (secondary N) is 1. The van der Waals surface area contributed by atoms with E-state index in [0.717, 1.165) is 9.13 Å². The molecule has 0 bridgehead atoms. The minimum Gasteiger partial charge on any atom is -0.493 e. The number of halogens is 1. The van der Waals surface area contributed by atoms with Crippen LogP contribution in [0.15, 0.2) is 41.5 Å². The molecule has 0 radical (unpaired) electrons. The number of methoxy groups -OCH3 is 1. The maximum atomic E-state index is 10.6. The van der Waals surface area contributed by atoms with Gasteiger partial charge in [-0.1, -0.05) is 0 Å². The zero-order valence-electron chi connectivity index (χ0n) is 13.2. The third kappa shape index (κ3) is 4.57. The molecule has 0 saturated carbocycles. The van der Waals surface area contributed by atoms with Crippen LogP contribution in [0.3, 0.4) is 0 Å². The molecule has 0 fully saturated rings. The van der Waals surface area contributed by atoms with Gasteiger partial charge in [-0.25, -0.2) is 0 Å². The predicted molar refractivity (Wildman–Crippen MR) is 101 cm³/mol. The molecule has 0 aromatic heterocycles. The molecular formula is C16H16IN3O4. The van der Waals surface area contributed by atoms with Gasteiger partial charge in [-0.2, -0.15) is 5.10 Å². The van der Waals surface area contributed by atoms with Gasteiger partial charge >= 0.3 is 0 Å². The fourth-order valence-electron chi connectivity index (χ4n) is 1.94. The van der Waals surface area contributed by atoms with Crippen LogP contribution >= 0.6 is 22.6 Å². The molecule has 2 aromatic carbocycles. The second-order valence-corrected chi connectivity index (χ2v) is 5.80. The van der Waals surface area contributed by atoms with Crippen molar-refractivity contribution in [2.75, 3.05) is 19.1 Å². The average molecular weight is 441 g/mol. The highest BCUT2D eigenvalue weighted by Crippen LogP contribution is 2.33. The van der Waals surface area contributed by atoms with E-state index in [1.54, 1.807) is 25.5 Å². The van der Waals surface area contributed by atoms with Crippen molar-refractivity contribution in [3.05, 3.63) is 55.6 Å². The van der Waals surface area contributed by atoms with Crippen molar-refractivity contribution < 1.29 is 14.4 Å². The van der Waals surface area contributed by atoms with Crippen molar-refractivity contribution in [2.45, 2.75) is 6.92 Å². The largest absolute Gasteiger partial charge is 0.493 e. The highest BCUT2D eigenvalue weighted by atomic mass is 127. The van der Waals surface area contributed by atoms with Crippen molar-refractivity contribution in [2.24, 2.45) is 5.10 Å². The average Bonchev–Trinajstić information content (AvgIpc) is 2.57. The first-order valence-electron chi connectivity index (χ1n) is 7.09. The molecule has 0 saturated heterocycles. The van der Waals surface area contributed by atoms with Crippen molar-refractivity contribution >= 4 is 40.2 Å². The van der Waals surface area contributed by atoms with Gasteiger partial charge < -0.3 is 9.47 Å². The van der Waals surface area contributed by atoms with E-state index in [9.17, 15) is 10.1 Å². The molecule has 0 spiro atoms. The summed E-state index contributed by atoms with van der Waals surface area (Å²) in [5, 5.41) is 14.7. The summed E-state index contributed by atoms with van der Waals surface area (Å²) in [6, 6.07) is 9.78. The number of hydrogen-bond donors (Lipinski definition) is 1. The van der Waals surface area contributed by atoms with Crippen LogP contribution in [0, 0.1) is 13.7 Å². The van der Waals surface area contributed by atoms with Crippen LogP contribution in [-0.4, -0.2) is 24.9 Å². The van der Waals surface area contributed by atoms with Crippen LogP contribution in [0.25, 0.3) is 0 Å². The van der Waals surface area contributed by atoms with Crippen LogP contribution in [0.5, 0.6) is 11.5 Å². The highest BCUT2D eigenvalue weighted by Gasteiger charge is 2.10. The molecular weight excluding hydrogens is 425 g/mol. The Labute approximate surface area is 153 Å². The monoisotopic (exact) mass is 441 g/mol. The number of nitrogens with zero attached hydrogens (tertiary/aromatic N) is 2. The molecule has 2 rings (SSSR count). The van der Waals surface area contributed by atoms with Gasteiger partial charge in [0.05, 0.1) is 34.1 Å². The molecule has 126 valence electrons. The van der Waals surface area contributed by atoms with Gasteiger partial charge in [-0.05, 0) is 59.3 Å². The summed E-state index contributed by atoms with van der Waals surface area (Å²) in [5.41, 5.74) is 4.36. The Morgan fingerprint density at radius 3 is 2.62 bits per heavy atom. The number of nitro groups is 1. The fourth-order valence-corrected chi connectivity index (χ4v) is 2.72. The zero-order chi connectivity index (χ0) is 17.5. The lowest BCUT2D eigenvalue weighted by Crippen LogP contribution is -1.99. The minimum absolute atomic E-state index is 0.0373. The van der Waals surface area contributed by atoms with Crippen LogP contribution in [-0.2, 0) is 0 Å². The minimum atomic E-state index is -0.443. The molecule has 0 heterocycles. The van der Waals surface area contributed by atoms with Crippen molar-refractivity contribution in [1.82, 2.24) is 0 Å². The number of non-ortho nitro benzene ring substituents is 1. The number of ether oxygens (including phenoxy) is 2. The van der Waals surface area contributed by atoms with E-state index in [2.05, 4.69) is 33.1 Å². The summed E-state index contributed by atoms with van der Waals surface area (Å²) in [6.07, 6.45) is 1.64. The Hall–Kier alpha value is -2.36. The lowest BCUT2D eigenvalue weighted by atomic mass is 10.2. The molecule has 2 aromatic rings. The number of nitro benzene ring substituents is 1. The molecule has 24 heavy (non-hydrogen) atoms. The first-order valence-corrected chi connectivity index (χ1v) is 8.17. The van der Waals surface area contributed by atoms with Gasteiger partial charge in [-0.3, -0.25) is 15.5 Å². The van der Waals surface area contributed by atoms with Gasteiger partial charge in [0.2, 0.25) is 0 Å². The van der Waals surface area contributed by atoms with E-state index in [0.29, 0.717) is 23.8 Å². The first-order chi connectivity index (χ1) is 11.5. The second kappa shape index (κ2) is 8.48. The van der Waals surface area contributed by atoms with E-state index in [4.69, 9.17) is 9.47 Å². The third-order valence-electron chi connectivity index (χ3n) is 3.03. The topological polar surface area (TPSA) is 86.0 Å². The summed E-state index contributed by atoms with van der Waals surface area (Å²) in [7, 11) is 1.59. The Bertz CT molecular complexity index is 748. The van der Waals surface area contributed by atoms with Crippen molar-refractivity contribution in [3.63, 3.8) is 0 Å². The molecule has 0 unspecified atom stereocenters. The highest BCUT2D eigenvalue weighted by molar-refractivity contribution is 14.1. The Kier molecular flexibility index (Phi) is 6.36. The maximum Gasteiger partial charge on any atom is 0.269 e. The Balaban J connectivity index is 2.11. The first kappa shape index (κ1) is 18.0. The number of anilines is 1. The summed E-state index contributed by atoms with van der Waals surface area (Å²) >= 11 is 2.18. The van der Waals surface area contributed by atoms with E-state index in [-0.39, 0.29) is 5.69 Å². The van der Waals surface area contributed by atoms with Crippen molar-refractivity contribution in [3.8, 4) is 11.5 Å². The van der Waals surface area contributed by atoms with Gasteiger partial charge in [0, 0.05) is 12.1 Å². The molecule has 8 heteroatoms. The van der Waals surface area contributed by atoms with Crippen LogP contribution in [0.2, 0.25) is 0 Å². The molecule has 0 atom stereocenters. The molecule has 0 aliphatic rings. The van der Waals surface area contributed by atoms with Crippen LogP contribution < -0.4 is 14.9 Å². The van der Waals surface area contributed by atoms with E-state index in [1.807, 2.05) is 19.1 Å². The number of benzene rings is 2. The fraction of sp³-hybridized carbons (Fsp3) is 0.188. The lowest BCUT2D eigenvalue weighted by Gasteiger charge is -2.12. The van der Waals surface area contributed by atoms with Gasteiger partial charge in [0.15, 0.2) is 11.5 Å². The second-order valence-electron chi connectivity index (χ2n) is 4.64. The Morgan fingerprint density at radius 2 is 2.04 bits per heavy atom. The van der Waals surface area contributed by atoms with Crippen molar-refractivity contribution in [1.29, 1.82) is 0 Å². The Morgan fingerprint density at radius 1 is 1.33 bits per heavy atom. The number of hydrogen-bond acceptors (Lipinski definition) is 6. The smallest absolute Gasteiger partial charge is 0.269 e.